The van der Waals surface area contributed by atoms with Crippen molar-refractivity contribution in [3.63, 3.8) is 0 Å². The van der Waals surface area contributed by atoms with Crippen LogP contribution >= 0.6 is 11.3 Å². The van der Waals surface area contributed by atoms with Gasteiger partial charge in [-0.05, 0) is 18.4 Å². The predicted octanol–water partition coefficient (Wildman–Crippen LogP) is 1.36. The van der Waals surface area contributed by atoms with Gasteiger partial charge < -0.3 is 0 Å². The number of thiophene rings is 1. The van der Waals surface area contributed by atoms with Crippen molar-refractivity contribution in [1.82, 2.24) is 4.90 Å². The molecular formula is C8H7NO2S. The number of nitrogens with zero attached hydrogens (tertiary/aromatic N) is 1. The predicted molar refractivity (Wildman–Crippen MR) is 45.4 cm³/mol. The second kappa shape index (κ2) is 2.42. The van der Waals surface area contributed by atoms with Gasteiger partial charge in [-0.1, -0.05) is 0 Å². The third kappa shape index (κ3) is 0.754. The van der Waals surface area contributed by atoms with Gasteiger partial charge in [0.15, 0.2) is 0 Å². The lowest BCUT2D eigenvalue weighted by molar-refractivity contribution is 0.0664. The van der Waals surface area contributed by atoms with E-state index >= 15 is 0 Å². The van der Waals surface area contributed by atoms with Gasteiger partial charge in [-0.3, -0.25) is 14.5 Å². The van der Waals surface area contributed by atoms with E-state index in [2.05, 4.69) is 0 Å². The molecule has 62 valence electrons. The molecule has 0 saturated heterocycles. The zero-order chi connectivity index (χ0) is 8.72. The Kier molecular flexibility index (Phi) is 1.51. The van der Waals surface area contributed by atoms with Crippen molar-refractivity contribution in [1.29, 1.82) is 0 Å². The Labute approximate surface area is 73.6 Å². The molecule has 1 aromatic heterocycles. The molecule has 0 unspecified atom stereocenters. The van der Waals surface area contributed by atoms with Crippen LogP contribution in [0, 0.1) is 0 Å². The third-order valence-electron chi connectivity index (χ3n) is 1.90. The van der Waals surface area contributed by atoms with E-state index in [1.54, 1.807) is 18.4 Å². The molecule has 4 heteroatoms. The molecule has 0 aliphatic carbocycles. The van der Waals surface area contributed by atoms with Crippen molar-refractivity contribution in [2.24, 2.45) is 0 Å². The maximum Gasteiger partial charge on any atom is 0.271 e. The van der Waals surface area contributed by atoms with Crippen LogP contribution in [0.15, 0.2) is 11.4 Å². The van der Waals surface area contributed by atoms with Gasteiger partial charge in [-0.25, -0.2) is 0 Å². The fourth-order valence-electron chi connectivity index (χ4n) is 1.29. The quantitative estimate of drug-likeness (QED) is 0.613. The Balaban J connectivity index is 2.53. The second-order valence-corrected chi connectivity index (χ2v) is 3.43. The number of fused-ring (bicyclic) bond motifs is 1. The molecule has 0 atom stereocenters. The molecule has 0 saturated carbocycles. The number of rotatable bonds is 1. The van der Waals surface area contributed by atoms with Gasteiger partial charge in [-0.15, -0.1) is 11.3 Å². The summed E-state index contributed by atoms with van der Waals surface area (Å²) in [5.74, 6) is -0.300. The van der Waals surface area contributed by atoms with E-state index in [9.17, 15) is 9.59 Å². The van der Waals surface area contributed by atoms with Crippen LogP contribution in [0.2, 0.25) is 0 Å². The molecule has 0 bridgehead atoms. The van der Waals surface area contributed by atoms with Gasteiger partial charge in [0.05, 0.1) is 5.56 Å². The lowest BCUT2D eigenvalue weighted by Gasteiger charge is -2.08. The summed E-state index contributed by atoms with van der Waals surface area (Å²) in [6, 6.07) is 1.70. The lowest BCUT2D eigenvalue weighted by atomic mass is 10.3. The highest BCUT2D eigenvalue weighted by atomic mass is 32.1. The Morgan fingerprint density at radius 1 is 1.42 bits per heavy atom. The molecular weight excluding hydrogens is 174 g/mol. The average molecular weight is 181 g/mol. The molecule has 0 radical (unpaired) electrons. The fourth-order valence-corrected chi connectivity index (χ4v) is 2.12. The van der Waals surface area contributed by atoms with Crippen LogP contribution in [0.5, 0.6) is 0 Å². The molecule has 0 aromatic carbocycles. The standard InChI is InChI=1S/C8H7NO2S/c1-2-9-7(10)5-3-4-12-6(5)8(9)11/h3-4H,2H2,1H3. The first-order valence-electron chi connectivity index (χ1n) is 3.69. The van der Waals surface area contributed by atoms with E-state index in [0.717, 1.165) is 0 Å². The second-order valence-electron chi connectivity index (χ2n) is 2.52. The average Bonchev–Trinajstić information content (AvgIpc) is 2.58. The van der Waals surface area contributed by atoms with E-state index in [-0.39, 0.29) is 11.8 Å². The lowest BCUT2D eigenvalue weighted by Crippen LogP contribution is -2.29. The highest BCUT2D eigenvalue weighted by Crippen LogP contribution is 2.26. The van der Waals surface area contributed by atoms with E-state index in [1.165, 1.54) is 16.2 Å². The van der Waals surface area contributed by atoms with Crippen LogP contribution in [0.3, 0.4) is 0 Å². The first-order chi connectivity index (χ1) is 5.75. The maximum atomic E-state index is 11.4. The molecule has 2 amide bonds. The zero-order valence-corrected chi connectivity index (χ0v) is 7.35. The number of hydrogen-bond acceptors (Lipinski definition) is 3. The SMILES string of the molecule is CCN1C(=O)c2ccsc2C1=O. The molecule has 3 nitrogen and oxygen atoms in total. The fraction of sp³-hybridized carbons (Fsp3) is 0.250. The molecule has 12 heavy (non-hydrogen) atoms. The van der Waals surface area contributed by atoms with Gasteiger partial charge >= 0.3 is 0 Å². The van der Waals surface area contributed by atoms with Crippen molar-refractivity contribution in [2.75, 3.05) is 6.54 Å². The van der Waals surface area contributed by atoms with Crippen molar-refractivity contribution < 1.29 is 9.59 Å². The number of hydrogen-bond donors (Lipinski definition) is 0. The minimum Gasteiger partial charge on any atom is -0.274 e. The minimum atomic E-state index is -0.154. The maximum absolute atomic E-state index is 11.4. The number of carbonyl (C=O) groups is 2. The molecule has 0 spiro atoms. The van der Waals surface area contributed by atoms with Gasteiger partial charge in [0.25, 0.3) is 11.8 Å². The number of imide groups is 1. The summed E-state index contributed by atoms with van der Waals surface area (Å²) >= 11 is 1.33. The summed E-state index contributed by atoms with van der Waals surface area (Å²) < 4.78 is 0. The summed E-state index contributed by atoms with van der Waals surface area (Å²) in [5.41, 5.74) is 0.562. The van der Waals surface area contributed by atoms with E-state index in [1.807, 2.05) is 0 Å². The van der Waals surface area contributed by atoms with E-state index < -0.39 is 0 Å². The van der Waals surface area contributed by atoms with Gasteiger partial charge in [0.1, 0.15) is 4.88 Å². The molecule has 2 heterocycles. The Bertz CT molecular complexity index is 325. The zero-order valence-electron chi connectivity index (χ0n) is 6.53. The first-order valence-corrected chi connectivity index (χ1v) is 4.57. The summed E-state index contributed by atoms with van der Waals surface area (Å²) in [7, 11) is 0. The molecule has 0 fully saturated rings. The van der Waals surface area contributed by atoms with Crippen LogP contribution in [0.25, 0.3) is 0 Å². The van der Waals surface area contributed by atoms with Gasteiger partial charge in [0, 0.05) is 6.54 Å². The van der Waals surface area contributed by atoms with Crippen LogP contribution in [0.1, 0.15) is 27.0 Å². The molecule has 1 aliphatic heterocycles. The Morgan fingerprint density at radius 3 is 2.75 bits per heavy atom. The van der Waals surface area contributed by atoms with E-state index in [0.29, 0.717) is 17.0 Å². The summed E-state index contributed by atoms with van der Waals surface area (Å²) in [6.07, 6.45) is 0. The van der Waals surface area contributed by atoms with Gasteiger partial charge in [-0.2, -0.15) is 0 Å². The third-order valence-corrected chi connectivity index (χ3v) is 2.80. The monoisotopic (exact) mass is 181 g/mol. The molecule has 1 aromatic rings. The highest BCUT2D eigenvalue weighted by molar-refractivity contribution is 7.12. The summed E-state index contributed by atoms with van der Waals surface area (Å²) in [6.45, 7) is 2.26. The Morgan fingerprint density at radius 2 is 2.17 bits per heavy atom. The highest BCUT2D eigenvalue weighted by Gasteiger charge is 2.35. The Hall–Kier alpha value is -1.16. The van der Waals surface area contributed by atoms with Crippen LogP contribution in [0.4, 0.5) is 0 Å². The van der Waals surface area contributed by atoms with Crippen molar-refractivity contribution >= 4 is 23.2 Å². The van der Waals surface area contributed by atoms with Crippen molar-refractivity contribution in [3.05, 3.63) is 21.9 Å². The topological polar surface area (TPSA) is 37.4 Å². The van der Waals surface area contributed by atoms with Crippen LogP contribution in [-0.4, -0.2) is 23.3 Å². The minimum absolute atomic E-state index is 0.146. The first kappa shape index (κ1) is 7.49. The molecule has 0 N–H and O–H groups in total. The van der Waals surface area contributed by atoms with Crippen LogP contribution < -0.4 is 0 Å². The van der Waals surface area contributed by atoms with Gasteiger partial charge in [0.2, 0.25) is 0 Å². The normalized spacial score (nSPS) is 15.6. The van der Waals surface area contributed by atoms with Crippen molar-refractivity contribution in [2.45, 2.75) is 6.92 Å². The number of amides is 2. The summed E-state index contributed by atoms with van der Waals surface area (Å²) in [5, 5.41) is 1.77. The number of carbonyl (C=O) groups excluding carboxylic acids is 2. The molecule has 2 rings (SSSR count). The van der Waals surface area contributed by atoms with Crippen molar-refractivity contribution in [3.8, 4) is 0 Å². The van der Waals surface area contributed by atoms with Crippen LogP contribution in [-0.2, 0) is 0 Å². The largest absolute Gasteiger partial charge is 0.274 e. The molecule has 1 aliphatic rings. The van der Waals surface area contributed by atoms with E-state index in [4.69, 9.17) is 0 Å². The smallest absolute Gasteiger partial charge is 0.271 e. The summed E-state index contributed by atoms with van der Waals surface area (Å²) in [4.78, 5) is 24.7.